The minimum Gasteiger partial charge on any atom is -0.481 e. The van der Waals surface area contributed by atoms with E-state index in [1.165, 1.54) is 5.56 Å². The van der Waals surface area contributed by atoms with Gasteiger partial charge in [0.05, 0.1) is 11.6 Å². The fraction of sp³-hybridized carbons (Fsp3) is 0.333. The van der Waals surface area contributed by atoms with Gasteiger partial charge in [-0.1, -0.05) is 31.2 Å². The third kappa shape index (κ3) is 5.91. The van der Waals surface area contributed by atoms with Crippen molar-refractivity contribution in [3.05, 3.63) is 65.2 Å². The molecule has 1 atom stereocenters. The molecule has 0 radical (unpaired) electrons. The van der Waals surface area contributed by atoms with Crippen molar-refractivity contribution in [2.75, 3.05) is 13.6 Å². The highest BCUT2D eigenvalue weighted by atomic mass is 16.5. The fourth-order valence-electron chi connectivity index (χ4n) is 2.46. The molecule has 5 nitrogen and oxygen atoms in total. The first kappa shape index (κ1) is 19.5. The molecule has 1 unspecified atom stereocenters. The number of nitrogens with zero attached hydrogens (tertiary/aromatic N) is 2. The molecule has 0 saturated heterocycles. The summed E-state index contributed by atoms with van der Waals surface area (Å²) in [4.78, 5) is 14.5. The predicted octanol–water partition coefficient (Wildman–Crippen LogP) is 3.09. The molecular weight excluding hydrogens is 326 g/mol. The maximum Gasteiger partial charge on any atom is 0.261 e. The van der Waals surface area contributed by atoms with Crippen molar-refractivity contribution in [2.45, 2.75) is 33.0 Å². The summed E-state index contributed by atoms with van der Waals surface area (Å²) in [5.41, 5.74) is 2.84. The Balaban J connectivity index is 1.87. The zero-order valence-corrected chi connectivity index (χ0v) is 15.5. The smallest absolute Gasteiger partial charge is 0.261 e. The molecule has 0 aliphatic rings. The number of amides is 1. The van der Waals surface area contributed by atoms with Crippen LogP contribution in [0.3, 0.4) is 0 Å². The van der Waals surface area contributed by atoms with Crippen LogP contribution >= 0.6 is 0 Å². The highest BCUT2D eigenvalue weighted by Gasteiger charge is 2.14. The molecule has 1 N–H and O–H groups in total. The Bertz CT molecular complexity index is 766. The Morgan fingerprint density at radius 1 is 1.23 bits per heavy atom. The van der Waals surface area contributed by atoms with Crippen LogP contribution in [0.25, 0.3) is 0 Å². The van der Waals surface area contributed by atoms with Crippen LogP contribution in [0.4, 0.5) is 0 Å². The first-order valence-corrected chi connectivity index (χ1v) is 8.72. The summed E-state index contributed by atoms with van der Waals surface area (Å²) in [6.45, 7) is 6.17. The molecule has 0 spiro atoms. The van der Waals surface area contributed by atoms with E-state index >= 15 is 0 Å². The topological polar surface area (TPSA) is 65.4 Å². The average molecular weight is 351 g/mol. The molecule has 26 heavy (non-hydrogen) atoms. The highest BCUT2D eigenvalue weighted by molar-refractivity contribution is 5.80. The molecule has 0 fully saturated rings. The summed E-state index contributed by atoms with van der Waals surface area (Å²) >= 11 is 0. The van der Waals surface area contributed by atoms with Gasteiger partial charge in [-0.15, -0.1) is 0 Å². The van der Waals surface area contributed by atoms with Gasteiger partial charge in [0.1, 0.15) is 5.75 Å². The van der Waals surface area contributed by atoms with Gasteiger partial charge in [-0.2, -0.15) is 5.26 Å². The number of hydrogen-bond acceptors (Lipinski definition) is 4. The number of benzene rings is 2. The van der Waals surface area contributed by atoms with E-state index in [1.54, 1.807) is 31.2 Å². The molecule has 0 heterocycles. The molecule has 0 saturated carbocycles. The monoisotopic (exact) mass is 351 g/mol. The van der Waals surface area contributed by atoms with Crippen LogP contribution in [0.15, 0.2) is 48.5 Å². The van der Waals surface area contributed by atoms with Gasteiger partial charge < -0.3 is 15.0 Å². The van der Waals surface area contributed by atoms with E-state index in [0.717, 1.165) is 18.7 Å². The first-order valence-electron chi connectivity index (χ1n) is 8.72. The van der Waals surface area contributed by atoms with Crippen molar-refractivity contribution < 1.29 is 9.53 Å². The molecule has 2 aromatic carbocycles. The Kier molecular flexibility index (Phi) is 7.19. The Morgan fingerprint density at radius 2 is 1.92 bits per heavy atom. The Hall–Kier alpha value is -2.84. The van der Waals surface area contributed by atoms with Crippen LogP contribution in [0, 0.1) is 11.3 Å². The van der Waals surface area contributed by atoms with Gasteiger partial charge in [0.2, 0.25) is 0 Å². The SMILES string of the molecule is CCN(C)Cc1cccc(CNC(=O)C(C)Oc2ccc(C#N)cc2)c1. The summed E-state index contributed by atoms with van der Waals surface area (Å²) < 4.78 is 5.63. The summed E-state index contributed by atoms with van der Waals surface area (Å²) in [6, 6.07) is 17.0. The third-order valence-electron chi connectivity index (χ3n) is 4.12. The van der Waals surface area contributed by atoms with E-state index in [0.29, 0.717) is 17.9 Å². The lowest BCUT2D eigenvalue weighted by atomic mass is 10.1. The zero-order valence-electron chi connectivity index (χ0n) is 15.5. The predicted molar refractivity (Wildman–Crippen MR) is 102 cm³/mol. The van der Waals surface area contributed by atoms with Crippen molar-refractivity contribution >= 4 is 5.91 Å². The minimum atomic E-state index is -0.614. The van der Waals surface area contributed by atoms with E-state index in [2.05, 4.69) is 42.4 Å². The van der Waals surface area contributed by atoms with Crippen LogP contribution in [0.2, 0.25) is 0 Å². The minimum absolute atomic E-state index is 0.176. The van der Waals surface area contributed by atoms with Gasteiger partial charge in [-0.05, 0) is 55.9 Å². The first-order chi connectivity index (χ1) is 12.5. The summed E-state index contributed by atoms with van der Waals surface area (Å²) in [6.07, 6.45) is -0.614. The summed E-state index contributed by atoms with van der Waals surface area (Å²) in [7, 11) is 2.08. The summed E-state index contributed by atoms with van der Waals surface area (Å²) in [5, 5.41) is 11.7. The second-order valence-corrected chi connectivity index (χ2v) is 6.26. The molecule has 0 bridgehead atoms. The molecule has 1 amide bonds. The third-order valence-corrected chi connectivity index (χ3v) is 4.12. The zero-order chi connectivity index (χ0) is 18.9. The quantitative estimate of drug-likeness (QED) is 0.794. The molecule has 136 valence electrons. The van der Waals surface area contributed by atoms with Crippen molar-refractivity contribution in [1.29, 1.82) is 5.26 Å². The standard InChI is InChI=1S/C21H25N3O2/c1-4-24(3)15-19-7-5-6-18(12-19)14-23-21(25)16(2)26-20-10-8-17(13-22)9-11-20/h5-12,16H,4,14-15H2,1-3H3,(H,23,25). The van der Waals surface area contributed by atoms with Crippen LogP contribution in [-0.2, 0) is 17.9 Å². The molecule has 0 aliphatic carbocycles. The number of rotatable bonds is 8. The molecule has 0 aliphatic heterocycles. The van der Waals surface area contributed by atoms with E-state index in [1.807, 2.05) is 12.1 Å². The average Bonchev–Trinajstić information content (AvgIpc) is 2.66. The molecule has 5 heteroatoms. The highest BCUT2D eigenvalue weighted by Crippen LogP contribution is 2.14. The molecule has 2 aromatic rings. The number of nitriles is 1. The molecular formula is C21H25N3O2. The van der Waals surface area contributed by atoms with Gasteiger partial charge >= 0.3 is 0 Å². The Labute approximate surface area is 155 Å². The van der Waals surface area contributed by atoms with Gasteiger partial charge in [0.25, 0.3) is 5.91 Å². The van der Waals surface area contributed by atoms with Gasteiger partial charge in [0, 0.05) is 13.1 Å². The van der Waals surface area contributed by atoms with Crippen molar-refractivity contribution in [1.82, 2.24) is 10.2 Å². The second-order valence-electron chi connectivity index (χ2n) is 6.26. The van der Waals surface area contributed by atoms with Gasteiger partial charge in [0.15, 0.2) is 6.10 Å². The van der Waals surface area contributed by atoms with Crippen LogP contribution in [-0.4, -0.2) is 30.5 Å². The number of carbonyl (C=O) groups is 1. The maximum atomic E-state index is 12.3. The number of hydrogen-bond donors (Lipinski definition) is 1. The number of carbonyl (C=O) groups excluding carboxylic acids is 1. The van der Waals surface area contributed by atoms with Crippen molar-refractivity contribution in [2.24, 2.45) is 0 Å². The van der Waals surface area contributed by atoms with Crippen LogP contribution < -0.4 is 10.1 Å². The van der Waals surface area contributed by atoms with Crippen molar-refractivity contribution in [3.8, 4) is 11.8 Å². The Morgan fingerprint density at radius 3 is 2.58 bits per heavy atom. The number of ether oxygens (including phenoxy) is 1. The lowest BCUT2D eigenvalue weighted by Gasteiger charge is -2.16. The number of nitrogens with one attached hydrogen (secondary N) is 1. The molecule has 2 rings (SSSR count). The normalized spacial score (nSPS) is 11.7. The maximum absolute atomic E-state index is 12.3. The van der Waals surface area contributed by atoms with Crippen molar-refractivity contribution in [3.63, 3.8) is 0 Å². The fourth-order valence-corrected chi connectivity index (χ4v) is 2.46. The second kappa shape index (κ2) is 9.59. The largest absolute Gasteiger partial charge is 0.481 e. The van der Waals surface area contributed by atoms with E-state index < -0.39 is 6.10 Å². The van der Waals surface area contributed by atoms with Crippen LogP contribution in [0.1, 0.15) is 30.5 Å². The van der Waals surface area contributed by atoms with Crippen LogP contribution in [0.5, 0.6) is 5.75 Å². The van der Waals surface area contributed by atoms with Gasteiger partial charge in [-0.3, -0.25) is 4.79 Å². The summed E-state index contributed by atoms with van der Waals surface area (Å²) in [5.74, 6) is 0.390. The van der Waals surface area contributed by atoms with E-state index in [-0.39, 0.29) is 5.91 Å². The van der Waals surface area contributed by atoms with E-state index in [9.17, 15) is 4.79 Å². The lowest BCUT2D eigenvalue weighted by molar-refractivity contribution is -0.127. The van der Waals surface area contributed by atoms with E-state index in [4.69, 9.17) is 10.00 Å². The lowest BCUT2D eigenvalue weighted by Crippen LogP contribution is -2.35. The molecule has 0 aromatic heterocycles. The van der Waals surface area contributed by atoms with Gasteiger partial charge in [-0.25, -0.2) is 0 Å².